The number of ether oxygens (including phenoxy) is 1. The minimum Gasteiger partial charge on any atom is -0.499 e. The van der Waals surface area contributed by atoms with Crippen molar-refractivity contribution in [3.8, 4) is 11.1 Å². The number of nitrogens with zero attached hydrogens (tertiary/aromatic N) is 2. The Morgan fingerprint density at radius 3 is 2.53 bits per heavy atom. The molecule has 0 fully saturated rings. The maximum absolute atomic E-state index is 6.16. The molecule has 1 aliphatic heterocycles. The van der Waals surface area contributed by atoms with Crippen LogP contribution < -0.4 is 5.06 Å². The summed E-state index contributed by atoms with van der Waals surface area (Å²) in [5.41, 5.74) is 7.56. The fourth-order valence-corrected chi connectivity index (χ4v) is 4.02. The van der Waals surface area contributed by atoms with Crippen molar-refractivity contribution in [2.75, 3.05) is 18.8 Å². The highest BCUT2D eigenvalue weighted by Gasteiger charge is 2.31. The smallest absolute Gasteiger partial charge is 0.132 e. The third-order valence-electron chi connectivity index (χ3n) is 5.66. The maximum Gasteiger partial charge on any atom is 0.132 e. The average molecular weight is 397 g/mol. The van der Waals surface area contributed by atoms with E-state index in [4.69, 9.17) is 9.57 Å². The van der Waals surface area contributed by atoms with Gasteiger partial charge in [-0.05, 0) is 47.4 Å². The van der Waals surface area contributed by atoms with Crippen LogP contribution in [0.3, 0.4) is 0 Å². The molecule has 0 amide bonds. The number of H-pyrrole nitrogens is 1. The van der Waals surface area contributed by atoms with Crippen molar-refractivity contribution < 1.29 is 9.57 Å². The number of fused-ring (bicyclic) bond motifs is 1. The monoisotopic (exact) mass is 397 g/mol. The highest BCUT2D eigenvalue weighted by molar-refractivity contribution is 5.79. The van der Waals surface area contributed by atoms with Crippen LogP contribution in [0.25, 0.3) is 22.2 Å². The highest BCUT2D eigenvalue weighted by atomic mass is 16.7. The molecule has 1 aromatic heterocycles. The first kappa shape index (κ1) is 18.5. The van der Waals surface area contributed by atoms with Crippen molar-refractivity contribution in [2.45, 2.75) is 13.0 Å². The molecular formula is C25H23N3O2. The number of methoxy groups -OCH3 is 1. The molecule has 0 saturated carbocycles. The number of imidazole rings is 1. The van der Waals surface area contributed by atoms with Gasteiger partial charge in [0, 0.05) is 0 Å². The Hall–Kier alpha value is -3.57. The number of rotatable bonds is 4. The van der Waals surface area contributed by atoms with E-state index in [0.29, 0.717) is 6.61 Å². The van der Waals surface area contributed by atoms with Crippen molar-refractivity contribution in [2.24, 2.45) is 0 Å². The van der Waals surface area contributed by atoms with Gasteiger partial charge in [-0.3, -0.25) is 4.84 Å². The van der Waals surface area contributed by atoms with Gasteiger partial charge >= 0.3 is 0 Å². The lowest BCUT2D eigenvalue weighted by molar-refractivity contribution is 0.0600. The molecule has 1 unspecified atom stereocenters. The number of hydroxylamine groups is 1. The Labute approximate surface area is 175 Å². The van der Waals surface area contributed by atoms with Crippen LogP contribution in [0.5, 0.6) is 0 Å². The van der Waals surface area contributed by atoms with Crippen LogP contribution in [0.15, 0.2) is 90.5 Å². The van der Waals surface area contributed by atoms with Gasteiger partial charge in [-0.1, -0.05) is 54.6 Å². The van der Waals surface area contributed by atoms with Gasteiger partial charge in [-0.25, -0.2) is 10.0 Å². The summed E-state index contributed by atoms with van der Waals surface area (Å²) in [5, 5.41) is 1.97. The topological polar surface area (TPSA) is 50.4 Å². The predicted molar refractivity (Wildman–Crippen MR) is 119 cm³/mol. The molecule has 2 heterocycles. The van der Waals surface area contributed by atoms with E-state index in [1.807, 2.05) is 23.3 Å². The number of hydrogen-bond acceptors (Lipinski definition) is 4. The molecule has 4 aromatic rings. The lowest BCUT2D eigenvalue weighted by Gasteiger charge is -2.38. The van der Waals surface area contributed by atoms with Gasteiger partial charge in [-0.2, -0.15) is 0 Å². The molecular weight excluding hydrogens is 374 g/mol. The summed E-state index contributed by atoms with van der Waals surface area (Å²) in [7, 11) is 1.70. The minimum atomic E-state index is -0.0844. The Bertz CT molecular complexity index is 1200. The Kier molecular flexibility index (Phi) is 4.73. The van der Waals surface area contributed by atoms with Crippen LogP contribution in [0, 0.1) is 0 Å². The molecule has 1 aliphatic rings. The summed E-state index contributed by atoms with van der Waals surface area (Å²) in [5.74, 6) is 0.867. The van der Waals surface area contributed by atoms with Gasteiger partial charge in [0.1, 0.15) is 18.4 Å². The first-order valence-electron chi connectivity index (χ1n) is 9.99. The zero-order valence-electron chi connectivity index (χ0n) is 17.0. The second-order valence-corrected chi connectivity index (χ2v) is 7.40. The molecule has 5 nitrogen and oxygen atoms in total. The van der Waals surface area contributed by atoms with Crippen molar-refractivity contribution in [1.29, 1.82) is 0 Å². The SMILES string of the molecule is COC1=C(C)C(c2ccc(-c3ccccc3)cc2)N(c2ccc3nc[nH]c3c2)OC1. The first-order chi connectivity index (χ1) is 14.7. The average Bonchev–Trinajstić information content (AvgIpc) is 3.27. The molecule has 30 heavy (non-hydrogen) atoms. The molecule has 0 radical (unpaired) electrons. The number of nitrogens with one attached hydrogen (secondary N) is 1. The van der Waals surface area contributed by atoms with Gasteiger partial charge in [-0.15, -0.1) is 0 Å². The van der Waals surface area contributed by atoms with Gasteiger partial charge in [0.2, 0.25) is 0 Å². The first-order valence-corrected chi connectivity index (χ1v) is 9.99. The number of benzene rings is 3. The van der Waals surface area contributed by atoms with E-state index in [0.717, 1.165) is 33.6 Å². The summed E-state index contributed by atoms with van der Waals surface area (Å²) < 4.78 is 5.60. The number of aromatic amines is 1. The summed E-state index contributed by atoms with van der Waals surface area (Å²) in [4.78, 5) is 13.7. The normalized spacial score (nSPS) is 16.9. The van der Waals surface area contributed by atoms with Gasteiger partial charge in [0.25, 0.3) is 0 Å². The zero-order valence-corrected chi connectivity index (χ0v) is 17.0. The van der Waals surface area contributed by atoms with Crippen LogP contribution >= 0.6 is 0 Å². The van der Waals surface area contributed by atoms with Crippen molar-refractivity contribution in [3.63, 3.8) is 0 Å². The van der Waals surface area contributed by atoms with E-state index < -0.39 is 0 Å². The summed E-state index contributed by atoms with van der Waals surface area (Å²) in [6.07, 6.45) is 1.71. The number of aromatic nitrogens is 2. The van der Waals surface area contributed by atoms with Crippen LogP contribution in [-0.2, 0) is 9.57 Å². The van der Waals surface area contributed by atoms with Crippen LogP contribution in [0.2, 0.25) is 0 Å². The molecule has 3 aromatic carbocycles. The largest absolute Gasteiger partial charge is 0.499 e. The molecule has 0 saturated heterocycles. The van der Waals surface area contributed by atoms with Gasteiger partial charge < -0.3 is 9.72 Å². The Morgan fingerprint density at radius 1 is 1.00 bits per heavy atom. The van der Waals surface area contributed by atoms with E-state index in [9.17, 15) is 0 Å². The molecule has 0 spiro atoms. The second-order valence-electron chi connectivity index (χ2n) is 7.40. The predicted octanol–water partition coefficient (Wildman–Crippen LogP) is 5.64. The molecule has 5 heteroatoms. The third kappa shape index (κ3) is 3.23. The molecule has 0 aliphatic carbocycles. The highest BCUT2D eigenvalue weighted by Crippen LogP contribution is 2.39. The Morgan fingerprint density at radius 2 is 1.77 bits per heavy atom. The van der Waals surface area contributed by atoms with E-state index in [2.05, 4.69) is 71.5 Å². The lowest BCUT2D eigenvalue weighted by Crippen LogP contribution is -2.35. The van der Waals surface area contributed by atoms with Crippen LogP contribution in [-0.4, -0.2) is 23.7 Å². The summed E-state index contributed by atoms with van der Waals surface area (Å²) in [6, 6.07) is 25.1. The number of anilines is 1. The summed E-state index contributed by atoms with van der Waals surface area (Å²) in [6.45, 7) is 2.51. The molecule has 1 N–H and O–H groups in total. The third-order valence-corrected chi connectivity index (χ3v) is 5.66. The van der Waals surface area contributed by atoms with Gasteiger partial charge in [0.05, 0.1) is 30.2 Å². The van der Waals surface area contributed by atoms with Gasteiger partial charge in [0.15, 0.2) is 0 Å². The summed E-state index contributed by atoms with van der Waals surface area (Å²) >= 11 is 0. The minimum absolute atomic E-state index is 0.0844. The standard InChI is InChI=1S/C25H23N3O2/c1-17-24(29-2)15-30-28(21-12-13-22-23(14-21)27-16-26-22)25(17)20-10-8-19(9-11-20)18-6-4-3-5-7-18/h3-14,16,25H,15H2,1-2H3,(H,26,27). The lowest BCUT2D eigenvalue weighted by atomic mass is 9.94. The second kappa shape index (κ2) is 7.69. The van der Waals surface area contributed by atoms with Crippen LogP contribution in [0.1, 0.15) is 18.5 Å². The fraction of sp³-hybridized carbons (Fsp3) is 0.160. The molecule has 0 bridgehead atoms. The fourth-order valence-electron chi connectivity index (χ4n) is 4.02. The maximum atomic E-state index is 6.16. The van der Waals surface area contributed by atoms with Crippen molar-refractivity contribution >= 4 is 16.7 Å². The molecule has 5 rings (SSSR count). The van der Waals surface area contributed by atoms with Crippen molar-refractivity contribution in [3.05, 3.63) is 96.0 Å². The van der Waals surface area contributed by atoms with E-state index in [1.165, 1.54) is 11.1 Å². The molecule has 1 atom stereocenters. The Balaban J connectivity index is 1.55. The zero-order chi connectivity index (χ0) is 20.5. The van der Waals surface area contributed by atoms with E-state index in [-0.39, 0.29) is 6.04 Å². The van der Waals surface area contributed by atoms with Crippen molar-refractivity contribution in [1.82, 2.24) is 9.97 Å². The van der Waals surface area contributed by atoms with Crippen LogP contribution in [0.4, 0.5) is 5.69 Å². The number of hydrogen-bond donors (Lipinski definition) is 1. The van der Waals surface area contributed by atoms with E-state index >= 15 is 0 Å². The molecule has 150 valence electrons. The quantitative estimate of drug-likeness (QED) is 0.484. The van der Waals surface area contributed by atoms with E-state index in [1.54, 1.807) is 13.4 Å².